The number of hydrogen-bond acceptors (Lipinski definition) is 4. The Morgan fingerprint density at radius 3 is 3.04 bits per heavy atom. The van der Waals surface area contributed by atoms with E-state index in [2.05, 4.69) is 10.6 Å². The molecule has 0 radical (unpaired) electrons. The number of rotatable bonds is 4. The average Bonchev–Trinajstić information content (AvgIpc) is 3.17. The van der Waals surface area contributed by atoms with Gasteiger partial charge >= 0.3 is 0 Å². The molecule has 2 unspecified atom stereocenters. The maximum absolute atomic E-state index is 12.3. The summed E-state index contributed by atoms with van der Waals surface area (Å²) in [4.78, 5) is 26.4. The summed E-state index contributed by atoms with van der Waals surface area (Å²) in [6.45, 7) is 1.54. The smallest absolute Gasteiger partial charge is 0.240 e. The second-order valence-corrected chi connectivity index (χ2v) is 7.48. The molecule has 0 aliphatic carbocycles. The number of thioether (sulfide) groups is 1. The van der Waals surface area contributed by atoms with Gasteiger partial charge in [-0.05, 0) is 37.1 Å². The van der Waals surface area contributed by atoms with Crippen LogP contribution in [-0.4, -0.2) is 47.5 Å². The first-order chi connectivity index (χ1) is 11.1. The lowest BCUT2D eigenvalue weighted by Crippen LogP contribution is -2.42. The molecule has 0 bridgehead atoms. The number of anilines is 1. The predicted molar refractivity (Wildman–Crippen MR) is 93.6 cm³/mol. The van der Waals surface area contributed by atoms with Gasteiger partial charge in [-0.1, -0.05) is 17.7 Å². The molecule has 124 valence electrons. The topological polar surface area (TPSA) is 61.4 Å². The number of hydrogen-bond donors (Lipinski definition) is 2. The van der Waals surface area contributed by atoms with Gasteiger partial charge in [0, 0.05) is 29.4 Å². The standard InChI is InChI=1S/C16H20ClN3O2S/c17-12-2-1-3-13(8-12)19-15(21)7-11-6-14(18-9-11)16(22)20-4-5-23-10-20/h1-3,8,11,14,18H,4-7,9-10H2,(H,19,21). The summed E-state index contributed by atoms with van der Waals surface area (Å²) < 4.78 is 0. The first-order valence-corrected chi connectivity index (χ1v) is 9.30. The summed E-state index contributed by atoms with van der Waals surface area (Å²) in [5.41, 5.74) is 0.704. The van der Waals surface area contributed by atoms with E-state index in [1.54, 1.807) is 30.0 Å². The molecule has 7 heteroatoms. The maximum Gasteiger partial charge on any atom is 0.240 e. The van der Waals surface area contributed by atoms with Gasteiger partial charge in [0.25, 0.3) is 0 Å². The lowest BCUT2D eigenvalue weighted by atomic mass is 10.0. The van der Waals surface area contributed by atoms with Crippen LogP contribution in [-0.2, 0) is 9.59 Å². The number of nitrogens with one attached hydrogen (secondary N) is 2. The zero-order valence-corrected chi connectivity index (χ0v) is 14.3. The van der Waals surface area contributed by atoms with Gasteiger partial charge in [0.1, 0.15) is 0 Å². The van der Waals surface area contributed by atoms with Gasteiger partial charge in [0.2, 0.25) is 11.8 Å². The van der Waals surface area contributed by atoms with Crippen LogP contribution < -0.4 is 10.6 Å². The predicted octanol–water partition coefficient (Wildman–Crippen LogP) is 2.18. The molecule has 2 fully saturated rings. The van der Waals surface area contributed by atoms with Crippen molar-refractivity contribution in [1.82, 2.24) is 10.2 Å². The fourth-order valence-electron chi connectivity index (χ4n) is 3.00. The molecule has 2 amide bonds. The quantitative estimate of drug-likeness (QED) is 0.871. The van der Waals surface area contributed by atoms with Crippen LogP contribution in [0.15, 0.2) is 24.3 Å². The van der Waals surface area contributed by atoms with E-state index in [4.69, 9.17) is 11.6 Å². The number of nitrogens with zero attached hydrogens (tertiary/aromatic N) is 1. The Labute approximate surface area is 145 Å². The normalized spacial score (nSPS) is 24.0. The van der Waals surface area contributed by atoms with Crippen LogP contribution >= 0.6 is 23.4 Å². The first-order valence-electron chi connectivity index (χ1n) is 7.77. The third kappa shape index (κ3) is 4.40. The van der Waals surface area contributed by atoms with Gasteiger partial charge in [-0.3, -0.25) is 9.59 Å². The van der Waals surface area contributed by atoms with Gasteiger partial charge in [-0.2, -0.15) is 0 Å². The SMILES string of the molecule is O=C(CC1CNC(C(=O)N2CCSC2)C1)Nc1cccc(Cl)c1. The molecule has 1 aromatic carbocycles. The van der Waals surface area contributed by atoms with E-state index in [-0.39, 0.29) is 23.8 Å². The molecule has 2 aliphatic rings. The van der Waals surface area contributed by atoms with Crippen LogP contribution in [0.3, 0.4) is 0 Å². The highest BCUT2D eigenvalue weighted by Gasteiger charge is 2.34. The molecule has 2 N–H and O–H groups in total. The third-order valence-electron chi connectivity index (χ3n) is 4.17. The second-order valence-electron chi connectivity index (χ2n) is 5.96. The molecule has 2 saturated heterocycles. The zero-order valence-electron chi connectivity index (χ0n) is 12.8. The van der Waals surface area contributed by atoms with Crippen molar-refractivity contribution in [3.8, 4) is 0 Å². The highest BCUT2D eigenvalue weighted by atomic mass is 35.5. The Hall–Kier alpha value is -1.24. The fraction of sp³-hybridized carbons (Fsp3) is 0.500. The van der Waals surface area contributed by atoms with Gasteiger partial charge in [0.05, 0.1) is 11.9 Å². The van der Waals surface area contributed by atoms with E-state index in [1.807, 2.05) is 11.0 Å². The van der Waals surface area contributed by atoms with Gasteiger partial charge in [-0.25, -0.2) is 0 Å². The molecule has 1 aromatic rings. The molecule has 3 rings (SSSR count). The summed E-state index contributed by atoms with van der Waals surface area (Å²) in [7, 11) is 0. The van der Waals surface area contributed by atoms with Crippen molar-refractivity contribution in [2.45, 2.75) is 18.9 Å². The summed E-state index contributed by atoms with van der Waals surface area (Å²) in [5.74, 6) is 2.14. The van der Waals surface area contributed by atoms with E-state index >= 15 is 0 Å². The average molecular weight is 354 g/mol. The fourth-order valence-corrected chi connectivity index (χ4v) is 4.15. The van der Waals surface area contributed by atoms with Gasteiger partial charge < -0.3 is 15.5 Å². The largest absolute Gasteiger partial charge is 0.331 e. The van der Waals surface area contributed by atoms with Crippen LogP contribution in [0.1, 0.15) is 12.8 Å². The number of carbonyl (C=O) groups is 2. The Bertz CT molecular complexity index is 592. The molecule has 23 heavy (non-hydrogen) atoms. The Morgan fingerprint density at radius 1 is 1.43 bits per heavy atom. The van der Waals surface area contributed by atoms with E-state index in [1.165, 1.54) is 0 Å². The highest BCUT2D eigenvalue weighted by molar-refractivity contribution is 7.99. The monoisotopic (exact) mass is 353 g/mol. The highest BCUT2D eigenvalue weighted by Crippen LogP contribution is 2.23. The number of benzene rings is 1. The van der Waals surface area contributed by atoms with E-state index < -0.39 is 0 Å². The molecule has 2 atom stereocenters. The summed E-state index contributed by atoms with van der Waals surface area (Å²) >= 11 is 7.70. The van der Waals surface area contributed by atoms with Crippen molar-refractivity contribution in [2.24, 2.45) is 5.92 Å². The maximum atomic E-state index is 12.3. The Balaban J connectivity index is 1.47. The molecular formula is C16H20ClN3O2S. The second kappa shape index (κ2) is 7.55. The Kier molecular flexibility index (Phi) is 5.46. The van der Waals surface area contributed by atoms with Crippen molar-refractivity contribution < 1.29 is 9.59 Å². The first kappa shape index (κ1) is 16.6. The van der Waals surface area contributed by atoms with Gasteiger partial charge in [-0.15, -0.1) is 11.8 Å². The van der Waals surface area contributed by atoms with Crippen molar-refractivity contribution >= 4 is 40.9 Å². The van der Waals surface area contributed by atoms with Crippen molar-refractivity contribution in [3.63, 3.8) is 0 Å². The molecule has 0 aromatic heterocycles. The van der Waals surface area contributed by atoms with Crippen LogP contribution in [0.25, 0.3) is 0 Å². The lowest BCUT2D eigenvalue weighted by Gasteiger charge is -2.19. The van der Waals surface area contributed by atoms with E-state index in [9.17, 15) is 9.59 Å². The third-order valence-corrected chi connectivity index (χ3v) is 5.37. The molecule has 2 aliphatic heterocycles. The molecule has 2 heterocycles. The minimum atomic E-state index is -0.141. The van der Waals surface area contributed by atoms with Crippen molar-refractivity contribution in [1.29, 1.82) is 0 Å². The zero-order chi connectivity index (χ0) is 16.2. The number of amides is 2. The summed E-state index contributed by atoms with van der Waals surface area (Å²) in [6.07, 6.45) is 1.14. The molecule has 5 nitrogen and oxygen atoms in total. The van der Waals surface area contributed by atoms with Crippen LogP contribution in [0.2, 0.25) is 5.02 Å². The van der Waals surface area contributed by atoms with Crippen molar-refractivity contribution in [3.05, 3.63) is 29.3 Å². The van der Waals surface area contributed by atoms with Crippen LogP contribution in [0.4, 0.5) is 5.69 Å². The summed E-state index contributed by atoms with van der Waals surface area (Å²) in [6, 6.07) is 6.97. The summed E-state index contributed by atoms with van der Waals surface area (Å²) in [5, 5.41) is 6.72. The minimum Gasteiger partial charge on any atom is -0.331 e. The number of carbonyl (C=O) groups excluding carboxylic acids is 2. The molecular weight excluding hydrogens is 334 g/mol. The van der Waals surface area contributed by atoms with Crippen LogP contribution in [0.5, 0.6) is 0 Å². The number of halogens is 1. The lowest BCUT2D eigenvalue weighted by molar-refractivity contribution is -0.131. The Morgan fingerprint density at radius 2 is 2.30 bits per heavy atom. The van der Waals surface area contributed by atoms with E-state index in [0.29, 0.717) is 23.7 Å². The van der Waals surface area contributed by atoms with Crippen molar-refractivity contribution in [2.75, 3.05) is 30.0 Å². The molecule has 0 saturated carbocycles. The minimum absolute atomic E-state index is 0.0381. The molecule has 0 spiro atoms. The van der Waals surface area contributed by atoms with Crippen LogP contribution in [0, 0.1) is 5.92 Å². The van der Waals surface area contributed by atoms with Gasteiger partial charge in [0.15, 0.2) is 0 Å². The van der Waals surface area contributed by atoms with E-state index in [0.717, 1.165) is 24.6 Å².